The lowest BCUT2D eigenvalue weighted by atomic mass is 10.0. The zero-order valence-corrected chi connectivity index (χ0v) is 13.8. The molecule has 0 aromatic heterocycles. The minimum atomic E-state index is 0.0787. The molecular formula is C17H27N3O2. The van der Waals surface area contributed by atoms with Gasteiger partial charge in [0, 0.05) is 25.7 Å². The van der Waals surface area contributed by atoms with E-state index in [-0.39, 0.29) is 5.91 Å². The van der Waals surface area contributed by atoms with Crippen LogP contribution in [0.15, 0.2) is 24.3 Å². The van der Waals surface area contributed by atoms with Gasteiger partial charge in [0.05, 0.1) is 5.56 Å². The first-order valence-corrected chi connectivity index (χ1v) is 7.95. The van der Waals surface area contributed by atoms with Gasteiger partial charge in [0.2, 0.25) is 0 Å². The van der Waals surface area contributed by atoms with Gasteiger partial charge in [-0.05, 0) is 46.1 Å². The van der Waals surface area contributed by atoms with Crippen LogP contribution in [0, 0.1) is 0 Å². The molecule has 5 heteroatoms. The highest BCUT2D eigenvalue weighted by atomic mass is 16.5. The summed E-state index contributed by atoms with van der Waals surface area (Å²) in [6, 6.07) is 8.07. The third kappa shape index (κ3) is 4.45. The number of ether oxygens (including phenoxy) is 1. The number of carbonyl (C=O) groups excluding carboxylic acids is 1. The predicted octanol–water partition coefficient (Wildman–Crippen LogP) is 1.45. The molecule has 1 N–H and O–H groups in total. The average Bonchev–Trinajstić information content (AvgIpc) is 2.54. The number of piperidine rings is 1. The van der Waals surface area contributed by atoms with Gasteiger partial charge in [-0.2, -0.15) is 0 Å². The maximum Gasteiger partial charge on any atom is 0.257 e. The zero-order valence-electron chi connectivity index (χ0n) is 13.8. The number of likely N-dealkylation sites (N-methyl/N-ethyl adjacent to an activating group) is 1. The number of para-hydroxylation sites is 1. The molecule has 0 bridgehead atoms. The van der Waals surface area contributed by atoms with Crippen LogP contribution in [0.4, 0.5) is 0 Å². The molecule has 1 fully saturated rings. The van der Waals surface area contributed by atoms with Crippen molar-refractivity contribution in [3.05, 3.63) is 29.8 Å². The minimum Gasteiger partial charge on any atom is -0.491 e. The zero-order chi connectivity index (χ0) is 15.9. The fourth-order valence-corrected chi connectivity index (χ4v) is 2.65. The van der Waals surface area contributed by atoms with Crippen LogP contribution in [0.25, 0.3) is 0 Å². The molecule has 1 aromatic rings. The van der Waals surface area contributed by atoms with Crippen molar-refractivity contribution in [3.8, 4) is 5.75 Å². The molecule has 0 saturated carbocycles. The van der Waals surface area contributed by atoms with Gasteiger partial charge in [0.25, 0.3) is 5.91 Å². The second kappa shape index (κ2) is 8.15. The number of carbonyl (C=O) groups is 1. The lowest BCUT2D eigenvalue weighted by molar-refractivity contribution is 0.0702. The van der Waals surface area contributed by atoms with Crippen molar-refractivity contribution in [2.24, 2.45) is 0 Å². The van der Waals surface area contributed by atoms with Gasteiger partial charge in [-0.15, -0.1) is 0 Å². The smallest absolute Gasteiger partial charge is 0.257 e. The first-order valence-electron chi connectivity index (χ1n) is 7.95. The summed E-state index contributed by atoms with van der Waals surface area (Å²) in [6.07, 6.45) is 2.01. The van der Waals surface area contributed by atoms with E-state index in [0.29, 0.717) is 24.0 Å². The fourth-order valence-electron chi connectivity index (χ4n) is 2.65. The molecule has 0 spiro atoms. The Morgan fingerprint density at radius 2 is 2.00 bits per heavy atom. The van der Waals surface area contributed by atoms with E-state index in [1.807, 2.05) is 50.3 Å². The third-order valence-corrected chi connectivity index (χ3v) is 4.10. The van der Waals surface area contributed by atoms with Crippen LogP contribution in [0.1, 0.15) is 23.2 Å². The van der Waals surface area contributed by atoms with Crippen LogP contribution >= 0.6 is 0 Å². The van der Waals surface area contributed by atoms with Crippen LogP contribution < -0.4 is 10.1 Å². The number of rotatable bonds is 6. The van der Waals surface area contributed by atoms with Crippen molar-refractivity contribution in [2.45, 2.75) is 18.9 Å². The Morgan fingerprint density at radius 3 is 2.64 bits per heavy atom. The van der Waals surface area contributed by atoms with Crippen molar-refractivity contribution in [2.75, 3.05) is 47.4 Å². The Hall–Kier alpha value is -1.59. The standard InChI is InChI=1S/C17H27N3O2/c1-18-14-8-10-20(11-9-14)17(21)15-6-4-5-7-16(15)22-13-12-19(2)3/h4-7,14,18H,8-13H2,1-3H3. The van der Waals surface area contributed by atoms with E-state index < -0.39 is 0 Å². The topological polar surface area (TPSA) is 44.8 Å². The molecule has 1 aromatic carbocycles. The Kier molecular flexibility index (Phi) is 6.21. The molecule has 5 nitrogen and oxygen atoms in total. The molecule has 0 atom stereocenters. The van der Waals surface area contributed by atoms with Crippen LogP contribution in [0.3, 0.4) is 0 Å². The maximum atomic E-state index is 12.7. The number of hydrogen-bond donors (Lipinski definition) is 1. The lowest BCUT2D eigenvalue weighted by Gasteiger charge is -2.32. The molecule has 1 heterocycles. The number of benzene rings is 1. The normalized spacial score (nSPS) is 16.1. The van der Waals surface area contributed by atoms with Crippen molar-refractivity contribution >= 4 is 5.91 Å². The lowest BCUT2D eigenvalue weighted by Crippen LogP contribution is -2.44. The molecule has 22 heavy (non-hydrogen) atoms. The van der Waals surface area contributed by atoms with E-state index in [1.54, 1.807) is 0 Å². The molecule has 1 aliphatic heterocycles. The summed E-state index contributed by atoms with van der Waals surface area (Å²) >= 11 is 0. The maximum absolute atomic E-state index is 12.7. The summed E-state index contributed by atoms with van der Waals surface area (Å²) in [7, 11) is 5.99. The van der Waals surface area contributed by atoms with Crippen molar-refractivity contribution in [3.63, 3.8) is 0 Å². The van der Waals surface area contributed by atoms with E-state index in [0.717, 1.165) is 32.5 Å². The first-order chi connectivity index (χ1) is 10.6. The van der Waals surface area contributed by atoms with Crippen molar-refractivity contribution in [1.29, 1.82) is 0 Å². The molecule has 2 rings (SSSR count). The Bertz CT molecular complexity index is 483. The molecular weight excluding hydrogens is 278 g/mol. The van der Waals surface area contributed by atoms with E-state index in [4.69, 9.17) is 4.74 Å². The third-order valence-electron chi connectivity index (χ3n) is 4.10. The van der Waals surface area contributed by atoms with Gasteiger partial charge in [-0.3, -0.25) is 4.79 Å². The van der Waals surface area contributed by atoms with Gasteiger partial charge in [0.15, 0.2) is 0 Å². The van der Waals surface area contributed by atoms with E-state index in [1.165, 1.54) is 0 Å². The quantitative estimate of drug-likeness (QED) is 0.864. The Labute approximate surface area is 133 Å². The van der Waals surface area contributed by atoms with Crippen LogP contribution in [0.2, 0.25) is 0 Å². The summed E-state index contributed by atoms with van der Waals surface area (Å²) in [5.41, 5.74) is 0.671. The van der Waals surface area contributed by atoms with Crippen molar-refractivity contribution < 1.29 is 9.53 Å². The van der Waals surface area contributed by atoms with Gasteiger partial charge >= 0.3 is 0 Å². The molecule has 122 valence electrons. The highest BCUT2D eigenvalue weighted by molar-refractivity contribution is 5.97. The second-order valence-corrected chi connectivity index (χ2v) is 6.00. The summed E-state index contributed by atoms with van der Waals surface area (Å²) < 4.78 is 5.80. The SMILES string of the molecule is CNC1CCN(C(=O)c2ccccc2OCCN(C)C)CC1. The molecule has 1 aliphatic rings. The van der Waals surface area contributed by atoms with Crippen molar-refractivity contribution in [1.82, 2.24) is 15.1 Å². The van der Waals surface area contributed by atoms with Gasteiger partial charge in [-0.1, -0.05) is 12.1 Å². The number of nitrogens with zero attached hydrogens (tertiary/aromatic N) is 2. The monoisotopic (exact) mass is 305 g/mol. The number of amides is 1. The summed E-state index contributed by atoms with van der Waals surface area (Å²) in [6.45, 7) is 3.02. The molecule has 0 unspecified atom stereocenters. The van der Waals surface area contributed by atoms with Gasteiger partial charge in [-0.25, -0.2) is 0 Å². The number of nitrogens with one attached hydrogen (secondary N) is 1. The molecule has 1 saturated heterocycles. The number of hydrogen-bond acceptors (Lipinski definition) is 4. The Morgan fingerprint density at radius 1 is 1.32 bits per heavy atom. The van der Waals surface area contributed by atoms with E-state index >= 15 is 0 Å². The predicted molar refractivity (Wildman–Crippen MR) is 88.5 cm³/mol. The summed E-state index contributed by atoms with van der Waals surface area (Å²) in [5, 5.41) is 3.29. The summed E-state index contributed by atoms with van der Waals surface area (Å²) in [4.78, 5) is 16.7. The van der Waals surface area contributed by atoms with Gasteiger partial charge in [0.1, 0.15) is 12.4 Å². The first kappa shape index (κ1) is 16.8. The Balaban J connectivity index is 2.00. The molecule has 1 amide bonds. The molecule has 0 aliphatic carbocycles. The van der Waals surface area contributed by atoms with Crippen LogP contribution in [-0.4, -0.2) is 69.1 Å². The largest absolute Gasteiger partial charge is 0.491 e. The minimum absolute atomic E-state index is 0.0787. The van der Waals surface area contributed by atoms with Crippen LogP contribution in [-0.2, 0) is 0 Å². The summed E-state index contributed by atoms with van der Waals surface area (Å²) in [5.74, 6) is 0.764. The van der Waals surface area contributed by atoms with Crippen LogP contribution in [0.5, 0.6) is 5.75 Å². The highest BCUT2D eigenvalue weighted by Crippen LogP contribution is 2.22. The molecule has 0 radical (unpaired) electrons. The number of likely N-dealkylation sites (tertiary alicyclic amines) is 1. The fraction of sp³-hybridized carbons (Fsp3) is 0.588. The van der Waals surface area contributed by atoms with E-state index in [2.05, 4.69) is 10.2 Å². The second-order valence-electron chi connectivity index (χ2n) is 6.00. The van der Waals surface area contributed by atoms with E-state index in [9.17, 15) is 4.79 Å². The van der Waals surface area contributed by atoms with Gasteiger partial charge < -0.3 is 19.9 Å². The average molecular weight is 305 g/mol. The highest BCUT2D eigenvalue weighted by Gasteiger charge is 2.24.